The van der Waals surface area contributed by atoms with Crippen molar-refractivity contribution < 1.29 is 32.3 Å². The van der Waals surface area contributed by atoms with E-state index < -0.39 is 41.8 Å². The van der Waals surface area contributed by atoms with E-state index in [2.05, 4.69) is 36.3 Å². The van der Waals surface area contributed by atoms with Crippen LogP contribution in [0.3, 0.4) is 0 Å². The summed E-state index contributed by atoms with van der Waals surface area (Å²) in [5, 5.41) is 33.1. The molecule has 4 aromatic rings. The quantitative estimate of drug-likeness (QED) is 0.174. The van der Waals surface area contributed by atoms with E-state index in [1.807, 2.05) is 0 Å². The van der Waals surface area contributed by atoms with Crippen molar-refractivity contribution in [1.29, 1.82) is 5.26 Å². The second-order valence-corrected chi connectivity index (χ2v) is 10.6. The Balaban J connectivity index is 1.32. The first kappa shape index (κ1) is 31.3. The average Bonchev–Trinajstić information content (AvgIpc) is 3.70. The topological polar surface area (TPSA) is 174 Å². The van der Waals surface area contributed by atoms with Gasteiger partial charge in [-0.1, -0.05) is 0 Å². The van der Waals surface area contributed by atoms with Crippen LogP contribution in [0.5, 0.6) is 0 Å². The maximum Gasteiger partial charge on any atom is 0.435 e. The number of benzene rings is 1. The molecule has 1 saturated heterocycles. The monoisotopic (exact) mass is 628 g/mol. The number of hydrogen-bond donors (Lipinski definition) is 5. The van der Waals surface area contributed by atoms with Gasteiger partial charge < -0.3 is 26.4 Å². The van der Waals surface area contributed by atoms with Crippen LogP contribution in [0.25, 0.3) is 16.9 Å². The summed E-state index contributed by atoms with van der Waals surface area (Å²) in [6.45, 7) is 3.21. The number of nitrogens with zero attached hydrogens (tertiary/aromatic N) is 6. The third-order valence-electron chi connectivity index (χ3n) is 7.13. The summed E-state index contributed by atoms with van der Waals surface area (Å²) < 4.78 is 58.7. The fourth-order valence-electron chi connectivity index (χ4n) is 5.06. The number of aliphatic hydroxyl groups is 1. The molecule has 0 aliphatic carbocycles. The summed E-state index contributed by atoms with van der Waals surface area (Å²) >= 11 is 0. The van der Waals surface area contributed by atoms with Crippen LogP contribution in [0.2, 0.25) is 0 Å². The van der Waals surface area contributed by atoms with Crippen LogP contribution < -0.4 is 21.3 Å². The number of carbonyl (C=O) groups is 2. The lowest BCUT2D eigenvalue weighted by Crippen LogP contribution is -2.47. The number of β-amino-alcohol motifs (C(OH)–C–C–N with tert-alkyl or cyclic N) is 1. The molecule has 5 rings (SSSR count). The van der Waals surface area contributed by atoms with E-state index in [1.54, 1.807) is 13.0 Å². The molecule has 13 nitrogen and oxygen atoms in total. The lowest BCUT2D eigenvalue weighted by molar-refractivity contribution is -0.141. The van der Waals surface area contributed by atoms with Crippen molar-refractivity contribution in [2.45, 2.75) is 51.2 Å². The highest BCUT2D eigenvalue weighted by Crippen LogP contribution is 2.37. The molecule has 1 aromatic carbocycles. The highest BCUT2D eigenvalue weighted by Gasteiger charge is 2.38. The minimum Gasteiger partial charge on any atom is -0.392 e. The van der Waals surface area contributed by atoms with Crippen molar-refractivity contribution in [1.82, 2.24) is 40.1 Å². The molecule has 1 unspecified atom stereocenters. The predicted octanol–water partition coefficient (Wildman–Crippen LogP) is 2.28. The Hall–Kier alpha value is -5.08. The van der Waals surface area contributed by atoms with Crippen molar-refractivity contribution in [3.8, 4) is 17.3 Å². The van der Waals surface area contributed by atoms with Crippen LogP contribution >= 0.6 is 0 Å². The van der Waals surface area contributed by atoms with E-state index in [9.17, 15) is 27.9 Å². The number of fused-ring (bicyclic) bond motifs is 1. The fourth-order valence-corrected chi connectivity index (χ4v) is 5.06. The number of aromatic nitrogens is 5. The zero-order chi connectivity index (χ0) is 32.5. The summed E-state index contributed by atoms with van der Waals surface area (Å²) in [7, 11) is 0. The summed E-state index contributed by atoms with van der Waals surface area (Å²) in [5.41, 5.74) is -1.01. The maximum atomic E-state index is 15.2. The highest BCUT2D eigenvalue weighted by molar-refractivity contribution is 5.96. The number of aryl methyl sites for hydroxylation is 1. The number of carbonyl (C=O) groups excluding carboxylic acids is 2. The Bertz CT molecular complexity index is 1770. The highest BCUT2D eigenvalue weighted by atomic mass is 19.4. The molecule has 3 atom stereocenters. The van der Waals surface area contributed by atoms with Gasteiger partial charge in [-0.2, -0.15) is 23.5 Å². The summed E-state index contributed by atoms with van der Waals surface area (Å²) in [6.07, 6.45) is -0.0527. The average molecular weight is 629 g/mol. The van der Waals surface area contributed by atoms with Crippen LogP contribution in [-0.2, 0) is 17.5 Å². The van der Waals surface area contributed by atoms with E-state index in [0.29, 0.717) is 6.54 Å². The molecule has 0 saturated carbocycles. The molecule has 236 valence electrons. The molecule has 45 heavy (non-hydrogen) atoms. The molecule has 17 heteroatoms. The first-order chi connectivity index (χ1) is 21.3. The van der Waals surface area contributed by atoms with Crippen LogP contribution in [0.4, 0.5) is 29.1 Å². The molecular weight excluding hydrogens is 600 g/mol. The Morgan fingerprint density at radius 2 is 2.07 bits per heavy atom. The Labute approximate surface area is 253 Å². The van der Waals surface area contributed by atoms with E-state index in [-0.39, 0.29) is 65.0 Å². The number of aliphatic hydroxyl groups excluding tert-OH is 1. The number of nitriles is 1. The minimum atomic E-state index is -4.79. The number of amides is 2. The van der Waals surface area contributed by atoms with Crippen molar-refractivity contribution in [3.63, 3.8) is 0 Å². The largest absolute Gasteiger partial charge is 0.435 e. The second kappa shape index (κ2) is 12.5. The van der Waals surface area contributed by atoms with Crippen molar-refractivity contribution in [3.05, 3.63) is 59.6 Å². The molecule has 3 aromatic heterocycles. The number of anilines is 2. The van der Waals surface area contributed by atoms with Crippen molar-refractivity contribution in [2.75, 3.05) is 18.4 Å². The number of hydrogen-bond acceptors (Lipinski definition) is 9. The first-order valence-electron chi connectivity index (χ1n) is 13.8. The first-order valence-corrected chi connectivity index (χ1v) is 13.8. The molecule has 1 aliphatic heterocycles. The van der Waals surface area contributed by atoms with Crippen LogP contribution in [0, 0.1) is 24.1 Å². The molecule has 5 N–H and O–H groups in total. The number of alkyl halides is 3. The predicted molar refractivity (Wildman–Crippen MR) is 152 cm³/mol. The number of rotatable bonds is 9. The van der Waals surface area contributed by atoms with Gasteiger partial charge >= 0.3 is 6.18 Å². The van der Waals surface area contributed by atoms with Gasteiger partial charge in [0.05, 0.1) is 41.2 Å². The van der Waals surface area contributed by atoms with Gasteiger partial charge in [0.1, 0.15) is 12.4 Å². The molecule has 1 fully saturated rings. The van der Waals surface area contributed by atoms with Gasteiger partial charge in [0.25, 0.3) is 5.91 Å². The zero-order valence-corrected chi connectivity index (χ0v) is 24.0. The lowest BCUT2D eigenvalue weighted by Gasteiger charge is -2.18. The standard InChI is InChI=1S/C28H28F4N10O3/c1-14-7-16(8-19(29)22(14)27(45)38-15(2)10-37-26(44)20-9-17(43)11-35-20)39-24-25-36-12-21(42(25)6-4-34-24)18-13-41(5-3-33)40-23(18)28(30,31)32/h4,6-8,12-13,15,17,20,35,43H,5,9-11H2,1-2H3,(H,34,39)(H,37,44)(H,38,45)/t15?,17-,20+/m1/s1. The van der Waals surface area contributed by atoms with Gasteiger partial charge in [-0.05, 0) is 38.0 Å². The van der Waals surface area contributed by atoms with E-state index >= 15 is 4.39 Å². The summed E-state index contributed by atoms with van der Waals surface area (Å²) in [4.78, 5) is 33.6. The zero-order valence-electron chi connectivity index (χ0n) is 24.0. The Kier molecular flexibility index (Phi) is 8.71. The van der Waals surface area contributed by atoms with Gasteiger partial charge in [-0.25, -0.2) is 14.4 Å². The molecule has 4 heterocycles. The fraction of sp³-hybridized carbons (Fsp3) is 0.357. The molecule has 2 amide bonds. The molecule has 0 spiro atoms. The van der Waals surface area contributed by atoms with Crippen LogP contribution in [-0.4, -0.2) is 72.3 Å². The third-order valence-corrected chi connectivity index (χ3v) is 7.13. The second-order valence-electron chi connectivity index (χ2n) is 10.6. The van der Waals surface area contributed by atoms with E-state index in [1.165, 1.54) is 36.0 Å². The third kappa shape index (κ3) is 6.71. The Morgan fingerprint density at radius 1 is 1.29 bits per heavy atom. The van der Waals surface area contributed by atoms with Crippen LogP contribution in [0.15, 0.2) is 36.9 Å². The van der Waals surface area contributed by atoms with Gasteiger partial charge in [0, 0.05) is 43.4 Å². The van der Waals surface area contributed by atoms with Gasteiger partial charge in [-0.3, -0.25) is 18.7 Å². The normalized spacial score (nSPS) is 17.2. The molecule has 0 bridgehead atoms. The van der Waals surface area contributed by atoms with Crippen molar-refractivity contribution in [2.24, 2.45) is 0 Å². The lowest BCUT2D eigenvalue weighted by atomic mass is 10.1. The number of nitrogens with one attached hydrogen (secondary N) is 4. The van der Waals surface area contributed by atoms with Crippen molar-refractivity contribution >= 4 is 29.0 Å². The molecule has 1 aliphatic rings. The molecular formula is C28H28F4N10O3. The summed E-state index contributed by atoms with van der Waals surface area (Å²) in [6, 6.07) is 3.27. The van der Waals surface area contributed by atoms with Gasteiger partial charge in [0.2, 0.25) is 5.91 Å². The van der Waals surface area contributed by atoms with E-state index in [0.717, 1.165) is 16.9 Å². The summed E-state index contributed by atoms with van der Waals surface area (Å²) in [5.74, 6) is -1.74. The maximum absolute atomic E-state index is 15.2. The van der Waals surface area contributed by atoms with E-state index in [4.69, 9.17) is 5.26 Å². The van der Waals surface area contributed by atoms with Crippen LogP contribution in [0.1, 0.15) is 35.0 Å². The number of imidazole rings is 1. The molecule has 0 radical (unpaired) electrons. The number of halogens is 4. The smallest absolute Gasteiger partial charge is 0.392 e. The van der Waals surface area contributed by atoms with Gasteiger partial charge in [0.15, 0.2) is 17.2 Å². The SMILES string of the molecule is Cc1cc(Nc2nccn3c(-c4cn(CC#N)nc4C(F)(F)F)cnc23)cc(F)c1C(=O)NC(C)CNC(=O)[C@@H]1C[C@@H](O)CN1. The Morgan fingerprint density at radius 3 is 2.73 bits per heavy atom. The minimum absolute atomic E-state index is 0.0451. The van der Waals surface area contributed by atoms with Gasteiger partial charge in [-0.15, -0.1) is 0 Å².